The van der Waals surface area contributed by atoms with Crippen LogP contribution in [0.25, 0.3) is 22.0 Å². The summed E-state index contributed by atoms with van der Waals surface area (Å²) in [5.41, 5.74) is 3.54. The zero-order chi connectivity index (χ0) is 29.9. The second-order valence-electron chi connectivity index (χ2n) is 11.0. The van der Waals surface area contributed by atoms with Gasteiger partial charge in [0.05, 0.1) is 4.90 Å². The second-order valence-corrected chi connectivity index (χ2v) is 12.8. The van der Waals surface area contributed by atoms with E-state index < -0.39 is 21.5 Å². The fraction of sp³-hybridized carbons (Fsp3) is 0.176. The number of carbonyl (C=O) groups excluding carboxylic acids is 2. The third-order valence-electron chi connectivity index (χ3n) is 6.75. The zero-order valence-corrected chi connectivity index (χ0v) is 24.5. The average Bonchev–Trinajstić information content (AvgIpc) is 3.35. The van der Waals surface area contributed by atoms with E-state index in [9.17, 15) is 18.0 Å². The van der Waals surface area contributed by atoms with E-state index in [2.05, 4.69) is 10.3 Å². The molecule has 0 atom stereocenters. The van der Waals surface area contributed by atoms with E-state index in [0.717, 1.165) is 16.5 Å². The molecule has 4 aromatic carbocycles. The lowest BCUT2D eigenvalue weighted by molar-refractivity contribution is 0.0528. The van der Waals surface area contributed by atoms with Crippen molar-refractivity contribution < 1.29 is 22.7 Å². The molecule has 1 heterocycles. The van der Waals surface area contributed by atoms with Gasteiger partial charge in [-0.2, -0.15) is 0 Å². The first-order valence-electron chi connectivity index (χ1n) is 13.6. The number of alkyl carbamates (subject to hydrolysis) is 1. The summed E-state index contributed by atoms with van der Waals surface area (Å²) in [5.74, 6) is -0.0567. The maximum Gasteiger partial charge on any atom is 0.407 e. The normalized spacial score (nSPS) is 11.8. The number of hydrogen-bond donors (Lipinski definition) is 2. The minimum Gasteiger partial charge on any atom is -0.444 e. The van der Waals surface area contributed by atoms with Crippen LogP contribution in [-0.4, -0.2) is 37.4 Å². The van der Waals surface area contributed by atoms with Gasteiger partial charge in [-0.15, -0.1) is 0 Å². The molecule has 0 spiro atoms. The number of rotatable bonds is 8. The predicted octanol–water partition coefficient (Wildman–Crippen LogP) is 6.97. The summed E-state index contributed by atoms with van der Waals surface area (Å²) in [7, 11) is -3.87. The first-order valence-corrected chi connectivity index (χ1v) is 15.1. The lowest BCUT2D eigenvalue weighted by Gasteiger charge is -2.19. The lowest BCUT2D eigenvalue weighted by atomic mass is 9.98. The molecular formula is C34H32N2O5S. The first kappa shape index (κ1) is 28.8. The lowest BCUT2D eigenvalue weighted by Crippen LogP contribution is -2.33. The maximum atomic E-state index is 13.7. The van der Waals surface area contributed by atoms with E-state index in [0.29, 0.717) is 22.2 Å². The van der Waals surface area contributed by atoms with Crippen LogP contribution in [0.15, 0.2) is 113 Å². The van der Waals surface area contributed by atoms with E-state index >= 15 is 0 Å². The highest BCUT2D eigenvalue weighted by molar-refractivity contribution is 7.91. The van der Waals surface area contributed by atoms with Crippen molar-refractivity contribution in [2.45, 2.75) is 42.7 Å². The minimum absolute atomic E-state index is 0.0567. The van der Waals surface area contributed by atoms with Crippen molar-refractivity contribution in [1.29, 1.82) is 0 Å². The monoisotopic (exact) mass is 580 g/mol. The SMILES string of the molecule is CC(C)(C)OC(=O)NCCc1c(S(=O)(=O)c2ccccc2)[nH]c2ccc(-c3ccc(C(=O)c4ccccc4)cc3)cc12. The molecule has 214 valence electrons. The highest BCUT2D eigenvalue weighted by Gasteiger charge is 2.26. The quantitative estimate of drug-likeness (QED) is 0.193. The van der Waals surface area contributed by atoms with Gasteiger partial charge in [-0.25, -0.2) is 13.2 Å². The molecule has 0 aliphatic carbocycles. The molecule has 0 aliphatic rings. The Balaban J connectivity index is 1.50. The summed E-state index contributed by atoms with van der Waals surface area (Å²) in [5, 5.41) is 3.56. The smallest absolute Gasteiger partial charge is 0.407 e. The van der Waals surface area contributed by atoms with E-state index in [1.165, 1.54) is 0 Å². The van der Waals surface area contributed by atoms with Crippen molar-refractivity contribution in [3.8, 4) is 11.1 Å². The van der Waals surface area contributed by atoms with Gasteiger partial charge in [0.25, 0.3) is 0 Å². The van der Waals surface area contributed by atoms with Crippen LogP contribution in [0.4, 0.5) is 4.79 Å². The summed E-state index contributed by atoms with van der Waals surface area (Å²) in [6.45, 7) is 5.52. The fourth-order valence-corrected chi connectivity index (χ4v) is 6.30. The molecule has 0 saturated carbocycles. The van der Waals surface area contributed by atoms with Crippen molar-refractivity contribution in [2.75, 3.05) is 6.54 Å². The van der Waals surface area contributed by atoms with Crippen LogP contribution < -0.4 is 5.32 Å². The molecule has 1 amide bonds. The zero-order valence-electron chi connectivity index (χ0n) is 23.7. The van der Waals surface area contributed by atoms with Gasteiger partial charge in [-0.05, 0) is 68.1 Å². The van der Waals surface area contributed by atoms with E-state index in [-0.39, 0.29) is 28.7 Å². The Hall–Kier alpha value is -4.69. The Morgan fingerprint density at radius 2 is 1.38 bits per heavy atom. The number of ether oxygens (including phenoxy) is 1. The number of benzene rings is 4. The Morgan fingerprint density at radius 1 is 0.786 bits per heavy atom. The van der Waals surface area contributed by atoms with Crippen LogP contribution in [0, 0.1) is 0 Å². The van der Waals surface area contributed by atoms with Gasteiger partial charge in [0, 0.05) is 28.6 Å². The van der Waals surface area contributed by atoms with E-state index in [4.69, 9.17) is 4.74 Å². The number of nitrogens with one attached hydrogen (secondary N) is 2. The Kier molecular flexibility index (Phi) is 8.00. The van der Waals surface area contributed by atoms with E-state index in [1.807, 2.05) is 48.5 Å². The molecule has 0 bridgehead atoms. The van der Waals surface area contributed by atoms with Gasteiger partial charge in [-0.1, -0.05) is 78.9 Å². The number of fused-ring (bicyclic) bond motifs is 1. The highest BCUT2D eigenvalue weighted by atomic mass is 32.2. The van der Waals surface area contributed by atoms with Gasteiger partial charge < -0.3 is 15.0 Å². The Labute approximate surface area is 245 Å². The largest absolute Gasteiger partial charge is 0.444 e. The number of carbonyl (C=O) groups is 2. The summed E-state index contributed by atoms with van der Waals surface area (Å²) < 4.78 is 32.8. The average molecular weight is 581 g/mol. The van der Waals surface area contributed by atoms with Crippen LogP contribution in [0.3, 0.4) is 0 Å². The topological polar surface area (TPSA) is 105 Å². The highest BCUT2D eigenvalue weighted by Crippen LogP contribution is 2.33. The fourth-order valence-electron chi connectivity index (χ4n) is 4.77. The standard InChI is InChI=1S/C34H32N2O5S/c1-34(2,3)41-33(38)35-21-20-28-29-22-26(23-14-16-25(17-15-23)31(37)24-10-6-4-7-11-24)18-19-30(29)36-32(28)42(39,40)27-12-8-5-9-13-27/h4-19,22,36H,20-21H2,1-3H3,(H,35,38). The summed E-state index contributed by atoms with van der Waals surface area (Å²) >= 11 is 0. The molecule has 5 aromatic rings. The number of aromatic nitrogens is 1. The molecular weight excluding hydrogens is 548 g/mol. The molecule has 1 aromatic heterocycles. The molecule has 0 radical (unpaired) electrons. The Morgan fingerprint density at radius 3 is 2.02 bits per heavy atom. The van der Waals surface area contributed by atoms with Gasteiger partial charge in [0.1, 0.15) is 10.6 Å². The first-order chi connectivity index (χ1) is 20.0. The number of ketones is 1. The number of hydrogen-bond acceptors (Lipinski definition) is 5. The van der Waals surface area contributed by atoms with Crippen molar-refractivity contribution in [2.24, 2.45) is 0 Å². The number of sulfone groups is 1. The molecule has 42 heavy (non-hydrogen) atoms. The van der Waals surface area contributed by atoms with Crippen molar-refractivity contribution in [3.05, 3.63) is 120 Å². The Bertz CT molecular complexity index is 1840. The maximum absolute atomic E-state index is 13.7. The van der Waals surface area contributed by atoms with Crippen molar-refractivity contribution >= 4 is 32.6 Å². The third-order valence-corrected chi connectivity index (χ3v) is 8.53. The molecule has 0 saturated heterocycles. The molecule has 5 rings (SSSR count). The van der Waals surface area contributed by atoms with Crippen molar-refractivity contribution in [3.63, 3.8) is 0 Å². The van der Waals surface area contributed by atoms with Gasteiger partial charge in [0.15, 0.2) is 5.78 Å². The molecule has 8 heteroatoms. The third kappa shape index (κ3) is 6.29. The molecule has 7 nitrogen and oxygen atoms in total. The summed E-state index contributed by atoms with van der Waals surface area (Å²) in [6.07, 6.45) is -0.310. The number of H-pyrrole nitrogens is 1. The van der Waals surface area contributed by atoms with Crippen molar-refractivity contribution in [1.82, 2.24) is 10.3 Å². The van der Waals surface area contributed by atoms with Gasteiger partial charge in [0.2, 0.25) is 9.84 Å². The molecule has 0 fully saturated rings. The molecule has 2 N–H and O–H groups in total. The molecule has 0 unspecified atom stereocenters. The minimum atomic E-state index is -3.87. The second kappa shape index (κ2) is 11.7. The van der Waals surface area contributed by atoms with Crippen LogP contribution in [0.2, 0.25) is 0 Å². The summed E-state index contributed by atoms with van der Waals surface area (Å²) in [6, 6.07) is 30.4. The van der Waals surface area contributed by atoms with Crippen LogP contribution >= 0.6 is 0 Å². The van der Waals surface area contributed by atoms with Gasteiger partial charge >= 0.3 is 6.09 Å². The van der Waals surface area contributed by atoms with Crippen LogP contribution in [0.5, 0.6) is 0 Å². The van der Waals surface area contributed by atoms with Crippen LogP contribution in [-0.2, 0) is 21.0 Å². The summed E-state index contributed by atoms with van der Waals surface area (Å²) in [4.78, 5) is 28.4. The predicted molar refractivity (Wildman–Crippen MR) is 163 cm³/mol. The van der Waals surface area contributed by atoms with Crippen LogP contribution in [0.1, 0.15) is 42.3 Å². The molecule has 0 aliphatic heterocycles. The number of aromatic amines is 1. The van der Waals surface area contributed by atoms with E-state index in [1.54, 1.807) is 75.4 Å². The number of amides is 1. The van der Waals surface area contributed by atoms with Gasteiger partial charge in [-0.3, -0.25) is 4.79 Å².